The van der Waals surface area contributed by atoms with E-state index in [9.17, 15) is 4.79 Å². The lowest BCUT2D eigenvalue weighted by Gasteiger charge is -2.33. The third-order valence-corrected chi connectivity index (χ3v) is 1.41. The van der Waals surface area contributed by atoms with Crippen LogP contribution in [-0.2, 0) is 4.74 Å². The van der Waals surface area contributed by atoms with Crippen molar-refractivity contribution in [1.82, 2.24) is 0 Å². The summed E-state index contributed by atoms with van der Waals surface area (Å²) >= 11 is 0. The summed E-state index contributed by atoms with van der Waals surface area (Å²) < 4.78 is 4.15. The summed E-state index contributed by atoms with van der Waals surface area (Å²) in [4.78, 5) is 9.83. The zero-order chi connectivity index (χ0) is 6.91. The van der Waals surface area contributed by atoms with Crippen molar-refractivity contribution < 1.29 is 19.7 Å². The molecule has 1 fully saturated rings. The monoisotopic (exact) mass is 132 g/mol. The molecule has 1 rings (SSSR count). The highest BCUT2D eigenvalue weighted by Crippen LogP contribution is 2.32. The van der Waals surface area contributed by atoms with Crippen molar-refractivity contribution in [3.8, 4) is 0 Å². The molecule has 0 aliphatic heterocycles. The first-order chi connectivity index (χ1) is 4.12. The number of rotatable bonds is 1. The number of carboxylic acid groups (broad SMARTS) is 1. The minimum Gasteiger partial charge on any atom is -0.450 e. The van der Waals surface area contributed by atoms with Gasteiger partial charge in [-0.1, -0.05) is 0 Å². The predicted octanol–water partition coefficient (Wildman–Crippen LogP) is 0.553. The molecule has 1 aliphatic carbocycles. The molecule has 0 heterocycles. The molecule has 0 radical (unpaired) electrons. The largest absolute Gasteiger partial charge is 0.508 e. The Kier molecular flexibility index (Phi) is 1.32. The van der Waals surface area contributed by atoms with E-state index in [-0.39, 0.29) is 0 Å². The maximum Gasteiger partial charge on any atom is 0.508 e. The molecule has 0 spiro atoms. The zero-order valence-corrected chi connectivity index (χ0v) is 4.83. The van der Waals surface area contributed by atoms with Crippen molar-refractivity contribution in [2.24, 2.45) is 0 Å². The Morgan fingerprint density at radius 1 is 1.56 bits per heavy atom. The van der Waals surface area contributed by atoms with Crippen LogP contribution in [0, 0.1) is 0 Å². The van der Waals surface area contributed by atoms with Crippen molar-refractivity contribution in [3.63, 3.8) is 0 Å². The summed E-state index contributed by atoms with van der Waals surface area (Å²) in [5, 5.41) is 17.0. The molecule has 2 N–H and O–H groups in total. The van der Waals surface area contributed by atoms with E-state index in [1.54, 1.807) is 0 Å². The van der Waals surface area contributed by atoms with Gasteiger partial charge in [-0.15, -0.1) is 0 Å². The second kappa shape index (κ2) is 1.88. The number of carbonyl (C=O) groups is 1. The minimum atomic E-state index is -1.41. The number of hydrogen-bond donors (Lipinski definition) is 2. The van der Waals surface area contributed by atoms with Crippen LogP contribution in [0.2, 0.25) is 0 Å². The van der Waals surface area contributed by atoms with Gasteiger partial charge >= 0.3 is 6.16 Å². The van der Waals surface area contributed by atoms with Gasteiger partial charge in [0, 0.05) is 12.8 Å². The smallest absolute Gasteiger partial charge is 0.450 e. The Morgan fingerprint density at radius 2 is 2.11 bits per heavy atom. The summed E-state index contributed by atoms with van der Waals surface area (Å²) in [6, 6.07) is 0. The first-order valence-electron chi connectivity index (χ1n) is 2.77. The molecule has 4 heteroatoms. The molecule has 0 aromatic heterocycles. The molecule has 0 bridgehead atoms. The average molecular weight is 132 g/mol. The first kappa shape index (κ1) is 6.35. The molecule has 1 aliphatic rings. The molecule has 4 nitrogen and oxygen atoms in total. The van der Waals surface area contributed by atoms with Gasteiger partial charge in [0.15, 0.2) is 0 Å². The Balaban J connectivity index is 2.33. The fraction of sp³-hybridized carbons (Fsp3) is 0.800. The fourth-order valence-electron chi connectivity index (χ4n) is 0.744. The van der Waals surface area contributed by atoms with Crippen LogP contribution in [0.5, 0.6) is 0 Å². The van der Waals surface area contributed by atoms with Gasteiger partial charge < -0.3 is 14.9 Å². The van der Waals surface area contributed by atoms with Gasteiger partial charge in [-0.25, -0.2) is 4.79 Å². The summed E-state index contributed by atoms with van der Waals surface area (Å²) in [7, 11) is 0. The predicted molar refractivity (Wildman–Crippen MR) is 27.9 cm³/mol. The second-order valence-electron chi connectivity index (χ2n) is 2.17. The first-order valence-corrected chi connectivity index (χ1v) is 2.77. The highest BCUT2D eigenvalue weighted by molar-refractivity contribution is 5.57. The Labute approximate surface area is 52.1 Å². The SMILES string of the molecule is O=C(O)OC1(O)CCC1. The molecule has 0 atom stereocenters. The van der Waals surface area contributed by atoms with Gasteiger partial charge in [0.2, 0.25) is 5.79 Å². The van der Waals surface area contributed by atoms with E-state index in [1.165, 1.54) is 0 Å². The van der Waals surface area contributed by atoms with E-state index >= 15 is 0 Å². The van der Waals surface area contributed by atoms with Gasteiger partial charge in [-0.05, 0) is 6.42 Å². The van der Waals surface area contributed by atoms with Crippen LogP contribution in [0.4, 0.5) is 4.79 Å². The second-order valence-corrected chi connectivity index (χ2v) is 2.17. The third-order valence-electron chi connectivity index (χ3n) is 1.41. The van der Waals surface area contributed by atoms with Crippen molar-refractivity contribution in [1.29, 1.82) is 0 Å². The number of aliphatic hydroxyl groups is 1. The lowest BCUT2D eigenvalue weighted by molar-refractivity contribution is -0.218. The minimum absolute atomic E-state index is 0.430. The van der Waals surface area contributed by atoms with Crippen molar-refractivity contribution >= 4 is 6.16 Å². The van der Waals surface area contributed by atoms with Crippen LogP contribution in [-0.4, -0.2) is 22.2 Å². The molecule has 0 saturated heterocycles. The molecule has 52 valence electrons. The van der Waals surface area contributed by atoms with E-state index in [0.29, 0.717) is 12.8 Å². The van der Waals surface area contributed by atoms with Gasteiger partial charge in [-0.3, -0.25) is 0 Å². The third kappa shape index (κ3) is 1.32. The molecular formula is C5H8O4. The quantitative estimate of drug-likeness (QED) is 0.404. The summed E-state index contributed by atoms with van der Waals surface area (Å²) in [6.45, 7) is 0. The van der Waals surface area contributed by atoms with Gasteiger partial charge in [0.1, 0.15) is 0 Å². The van der Waals surface area contributed by atoms with E-state index in [0.717, 1.165) is 6.42 Å². The van der Waals surface area contributed by atoms with E-state index in [2.05, 4.69) is 4.74 Å². The fourth-order valence-corrected chi connectivity index (χ4v) is 0.744. The Bertz CT molecular complexity index is 127. The maximum absolute atomic E-state index is 9.83. The van der Waals surface area contributed by atoms with Gasteiger partial charge in [0.05, 0.1) is 0 Å². The average Bonchev–Trinajstić information content (AvgIpc) is 1.60. The zero-order valence-electron chi connectivity index (χ0n) is 4.83. The van der Waals surface area contributed by atoms with Crippen LogP contribution in [0.3, 0.4) is 0 Å². The Morgan fingerprint density at radius 3 is 2.22 bits per heavy atom. The highest BCUT2D eigenvalue weighted by atomic mass is 16.7. The summed E-state index contributed by atoms with van der Waals surface area (Å²) in [6.07, 6.45) is 0.291. The molecule has 0 amide bonds. The molecule has 0 unspecified atom stereocenters. The standard InChI is InChI=1S/C5H8O4/c6-4(7)9-5(8)2-1-3-5/h8H,1-3H2,(H,6,7). The van der Waals surface area contributed by atoms with E-state index < -0.39 is 11.9 Å². The number of hydrogen-bond acceptors (Lipinski definition) is 3. The van der Waals surface area contributed by atoms with Crippen LogP contribution in [0.25, 0.3) is 0 Å². The number of ether oxygens (including phenoxy) is 1. The van der Waals surface area contributed by atoms with E-state index in [4.69, 9.17) is 10.2 Å². The van der Waals surface area contributed by atoms with Crippen molar-refractivity contribution in [2.45, 2.75) is 25.0 Å². The van der Waals surface area contributed by atoms with Crippen molar-refractivity contribution in [2.75, 3.05) is 0 Å². The molecule has 9 heavy (non-hydrogen) atoms. The summed E-state index contributed by atoms with van der Waals surface area (Å²) in [5.74, 6) is -1.36. The molecule has 1 saturated carbocycles. The maximum atomic E-state index is 9.83. The van der Waals surface area contributed by atoms with Gasteiger partial charge in [-0.2, -0.15) is 0 Å². The van der Waals surface area contributed by atoms with Crippen LogP contribution in [0.15, 0.2) is 0 Å². The van der Waals surface area contributed by atoms with Crippen LogP contribution < -0.4 is 0 Å². The van der Waals surface area contributed by atoms with Crippen molar-refractivity contribution in [3.05, 3.63) is 0 Å². The molecule has 0 aromatic rings. The lowest BCUT2D eigenvalue weighted by atomic mass is 9.92. The lowest BCUT2D eigenvalue weighted by Crippen LogP contribution is -2.41. The van der Waals surface area contributed by atoms with E-state index in [1.807, 2.05) is 0 Å². The Hall–Kier alpha value is -0.770. The van der Waals surface area contributed by atoms with Gasteiger partial charge in [0.25, 0.3) is 0 Å². The molecule has 0 aromatic carbocycles. The molecular weight excluding hydrogens is 124 g/mol. The van der Waals surface area contributed by atoms with Crippen LogP contribution in [0.1, 0.15) is 19.3 Å². The highest BCUT2D eigenvalue weighted by Gasteiger charge is 2.38. The normalized spacial score (nSPS) is 22.3. The van der Waals surface area contributed by atoms with Crippen LogP contribution >= 0.6 is 0 Å². The topological polar surface area (TPSA) is 66.8 Å². The summed E-state index contributed by atoms with van der Waals surface area (Å²) in [5.41, 5.74) is 0.